The van der Waals surface area contributed by atoms with E-state index in [-0.39, 0.29) is 5.97 Å². The van der Waals surface area contributed by atoms with Crippen molar-refractivity contribution in [3.8, 4) is 11.5 Å². The molecule has 1 aliphatic carbocycles. The lowest BCUT2D eigenvalue weighted by atomic mass is 9.92. The van der Waals surface area contributed by atoms with Gasteiger partial charge >= 0.3 is 5.97 Å². The normalized spacial score (nSPS) is 14.4. The molecule has 0 amide bonds. The number of esters is 1. The van der Waals surface area contributed by atoms with Gasteiger partial charge in [-0.3, -0.25) is 4.79 Å². The molecule has 2 aromatic rings. The van der Waals surface area contributed by atoms with Crippen LogP contribution in [0.1, 0.15) is 24.0 Å². The van der Waals surface area contributed by atoms with Crippen LogP contribution in [0.3, 0.4) is 0 Å². The van der Waals surface area contributed by atoms with Crippen LogP contribution in [-0.4, -0.2) is 27.3 Å². The van der Waals surface area contributed by atoms with E-state index < -0.39 is 5.41 Å². The van der Waals surface area contributed by atoms with Gasteiger partial charge in [-0.2, -0.15) is 0 Å². The predicted octanol–water partition coefficient (Wildman–Crippen LogP) is 4.09. The van der Waals surface area contributed by atoms with Crippen LogP contribution in [-0.2, 0) is 9.53 Å². The Morgan fingerprint density at radius 2 is 1.28 bits per heavy atom. The summed E-state index contributed by atoms with van der Waals surface area (Å²) in [4.78, 5) is 12.2. The van der Waals surface area contributed by atoms with Gasteiger partial charge in [0, 0.05) is 0 Å². The Balaban J connectivity index is 2.05. The van der Waals surface area contributed by atoms with E-state index in [2.05, 4.69) is 0 Å². The topological polar surface area (TPSA) is 44.8 Å². The smallest absolute Gasteiger partial charge is 0.315 e. The first-order valence-corrected chi connectivity index (χ1v) is 8.22. The van der Waals surface area contributed by atoms with E-state index in [1.807, 2.05) is 54.6 Å². The molecule has 0 aliphatic heterocycles. The molecule has 4 heteroatoms. The highest BCUT2D eigenvalue weighted by Gasteiger charge is 2.49. The van der Waals surface area contributed by atoms with Crippen molar-refractivity contribution in [2.45, 2.75) is 12.8 Å². The van der Waals surface area contributed by atoms with E-state index in [0.29, 0.717) is 0 Å². The van der Waals surface area contributed by atoms with Crippen LogP contribution in [0, 0.1) is 5.41 Å². The van der Waals surface area contributed by atoms with E-state index in [1.54, 1.807) is 14.2 Å². The number of hydrogen-bond donors (Lipinski definition) is 0. The largest absolute Gasteiger partial charge is 0.497 e. The second kappa shape index (κ2) is 7.01. The predicted molar refractivity (Wildman–Crippen MR) is 96.8 cm³/mol. The van der Waals surface area contributed by atoms with Gasteiger partial charge in [0.15, 0.2) is 0 Å². The second-order valence-electron chi connectivity index (χ2n) is 6.16. The summed E-state index contributed by atoms with van der Waals surface area (Å²) in [6, 6.07) is 15.7. The minimum absolute atomic E-state index is 0.174. The Morgan fingerprint density at radius 3 is 1.60 bits per heavy atom. The molecule has 1 fully saturated rings. The summed E-state index contributed by atoms with van der Waals surface area (Å²) < 4.78 is 15.5. The van der Waals surface area contributed by atoms with Gasteiger partial charge < -0.3 is 14.2 Å². The molecular weight excluding hydrogens is 316 g/mol. The molecule has 2 aromatic carbocycles. The van der Waals surface area contributed by atoms with Gasteiger partial charge in [0.05, 0.1) is 26.7 Å². The lowest BCUT2D eigenvalue weighted by Crippen LogP contribution is -2.15. The summed E-state index contributed by atoms with van der Waals surface area (Å²) >= 11 is 0. The lowest BCUT2D eigenvalue weighted by molar-refractivity contribution is -0.145. The van der Waals surface area contributed by atoms with Crippen molar-refractivity contribution in [1.29, 1.82) is 0 Å². The third kappa shape index (κ3) is 3.53. The zero-order valence-electron chi connectivity index (χ0n) is 14.7. The molecular formula is C21H22O4. The van der Waals surface area contributed by atoms with Gasteiger partial charge in [-0.15, -0.1) is 0 Å². The highest BCUT2D eigenvalue weighted by Crippen LogP contribution is 2.50. The maximum absolute atomic E-state index is 12.2. The van der Waals surface area contributed by atoms with Crippen molar-refractivity contribution in [2.24, 2.45) is 5.41 Å². The molecule has 25 heavy (non-hydrogen) atoms. The summed E-state index contributed by atoms with van der Waals surface area (Å²) in [5.74, 6) is 1.42. The fraction of sp³-hybridized carbons (Fsp3) is 0.286. The molecule has 0 aromatic heterocycles. The zero-order chi connectivity index (χ0) is 17.9. The number of rotatable bonds is 6. The number of ether oxygens (including phenoxy) is 3. The van der Waals surface area contributed by atoms with E-state index in [1.165, 1.54) is 7.11 Å². The summed E-state index contributed by atoms with van der Waals surface area (Å²) in [5.41, 5.74) is 2.56. The van der Waals surface area contributed by atoms with Gasteiger partial charge in [-0.05, 0) is 53.8 Å². The molecule has 0 bridgehead atoms. The summed E-state index contributed by atoms with van der Waals surface area (Å²) in [6.45, 7) is 0. The van der Waals surface area contributed by atoms with E-state index >= 15 is 0 Å². The van der Waals surface area contributed by atoms with Crippen molar-refractivity contribution in [3.63, 3.8) is 0 Å². The van der Waals surface area contributed by atoms with Crippen molar-refractivity contribution in [1.82, 2.24) is 0 Å². The molecule has 0 radical (unpaired) electrons. The molecule has 0 atom stereocenters. The maximum Gasteiger partial charge on any atom is 0.315 e. The molecule has 0 N–H and O–H groups in total. The Labute approximate surface area is 148 Å². The average Bonchev–Trinajstić information content (AvgIpc) is 3.46. The van der Waals surface area contributed by atoms with Crippen molar-refractivity contribution in [3.05, 3.63) is 65.7 Å². The minimum atomic E-state index is -0.510. The van der Waals surface area contributed by atoms with Crippen LogP contribution in [0.4, 0.5) is 0 Å². The van der Waals surface area contributed by atoms with Gasteiger partial charge in [-0.25, -0.2) is 0 Å². The monoisotopic (exact) mass is 338 g/mol. The average molecular weight is 338 g/mol. The number of benzene rings is 2. The highest BCUT2D eigenvalue weighted by atomic mass is 16.5. The first kappa shape index (κ1) is 17.1. The first-order valence-electron chi connectivity index (χ1n) is 8.22. The number of carbonyl (C=O) groups excluding carboxylic acids is 1. The van der Waals surface area contributed by atoms with Crippen LogP contribution >= 0.6 is 0 Å². The Morgan fingerprint density at radius 1 is 0.840 bits per heavy atom. The minimum Gasteiger partial charge on any atom is -0.497 e. The van der Waals surface area contributed by atoms with Gasteiger partial charge in [-0.1, -0.05) is 30.3 Å². The molecule has 0 heterocycles. The maximum atomic E-state index is 12.2. The van der Waals surface area contributed by atoms with E-state index in [4.69, 9.17) is 14.2 Å². The molecule has 130 valence electrons. The zero-order valence-corrected chi connectivity index (χ0v) is 14.7. The van der Waals surface area contributed by atoms with Crippen LogP contribution in [0.15, 0.2) is 54.6 Å². The van der Waals surface area contributed by atoms with Gasteiger partial charge in [0.25, 0.3) is 0 Å². The van der Waals surface area contributed by atoms with Crippen LogP contribution in [0.25, 0.3) is 5.57 Å². The van der Waals surface area contributed by atoms with Crippen LogP contribution in [0.5, 0.6) is 11.5 Å². The third-order valence-electron chi connectivity index (χ3n) is 4.60. The number of methoxy groups -OCH3 is 3. The Bertz CT molecular complexity index is 719. The Kier molecular flexibility index (Phi) is 4.79. The molecule has 0 saturated heterocycles. The molecule has 4 nitrogen and oxygen atoms in total. The standard InChI is InChI=1S/C21H22O4/c1-23-17-8-4-15(5-9-17)19(14-21(12-13-21)20(22)25-3)16-6-10-18(24-2)11-7-16/h4-11,14H,12-13H2,1-3H3. The highest BCUT2D eigenvalue weighted by molar-refractivity contribution is 5.89. The molecule has 3 rings (SSSR count). The van der Waals surface area contributed by atoms with Crippen LogP contribution < -0.4 is 9.47 Å². The molecule has 0 spiro atoms. The van der Waals surface area contributed by atoms with E-state index in [9.17, 15) is 4.79 Å². The van der Waals surface area contributed by atoms with Crippen molar-refractivity contribution >= 4 is 11.5 Å². The summed E-state index contributed by atoms with van der Waals surface area (Å²) in [5, 5.41) is 0. The van der Waals surface area contributed by atoms with E-state index in [0.717, 1.165) is 41.0 Å². The second-order valence-corrected chi connectivity index (χ2v) is 6.16. The number of carbonyl (C=O) groups is 1. The fourth-order valence-electron chi connectivity index (χ4n) is 2.90. The fourth-order valence-corrected chi connectivity index (χ4v) is 2.90. The lowest BCUT2D eigenvalue weighted by Gasteiger charge is -2.14. The van der Waals surface area contributed by atoms with Crippen LogP contribution in [0.2, 0.25) is 0 Å². The summed E-state index contributed by atoms with van der Waals surface area (Å²) in [7, 11) is 4.73. The van der Waals surface area contributed by atoms with Crippen molar-refractivity contribution < 1.29 is 19.0 Å². The van der Waals surface area contributed by atoms with Gasteiger partial charge in [0.2, 0.25) is 0 Å². The molecule has 1 aliphatic rings. The number of hydrogen-bond acceptors (Lipinski definition) is 4. The molecule has 1 saturated carbocycles. The quantitative estimate of drug-likeness (QED) is 0.744. The van der Waals surface area contributed by atoms with Crippen molar-refractivity contribution in [2.75, 3.05) is 21.3 Å². The Hall–Kier alpha value is -2.75. The van der Waals surface area contributed by atoms with Gasteiger partial charge in [0.1, 0.15) is 11.5 Å². The molecule has 0 unspecified atom stereocenters. The SMILES string of the molecule is COC(=O)C1(C=C(c2ccc(OC)cc2)c2ccc(OC)cc2)CC1. The summed E-state index contributed by atoms with van der Waals surface area (Å²) in [6.07, 6.45) is 3.67. The third-order valence-corrected chi connectivity index (χ3v) is 4.60. The first-order chi connectivity index (χ1) is 12.1.